The summed E-state index contributed by atoms with van der Waals surface area (Å²) in [5, 5.41) is 2.95. The Morgan fingerprint density at radius 2 is 1.96 bits per heavy atom. The van der Waals surface area contributed by atoms with E-state index in [1.165, 1.54) is 12.8 Å². The first-order chi connectivity index (χ1) is 12.5. The van der Waals surface area contributed by atoms with Gasteiger partial charge in [0.2, 0.25) is 5.91 Å². The lowest BCUT2D eigenvalue weighted by Gasteiger charge is -2.33. The van der Waals surface area contributed by atoms with Crippen LogP contribution in [0.25, 0.3) is 0 Å². The molecular weight excluding hydrogens is 328 g/mol. The van der Waals surface area contributed by atoms with Gasteiger partial charge in [-0.1, -0.05) is 0 Å². The van der Waals surface area contributed by atoms with Crippen molar-refractivity contribution in [2.24, 2.45) is 16.8 Å². The maximum Gasteiger partial charge on any atom is 0.255 e. The van der Waals surface area contributed by atoms with Crippen LogP contribution in [0.2, 0.25) is 0 Å². The van der Waals surface area contributed by atoms with Gasteiger partial charge in [-0.25, -0.2) is 0 Å². The number of nitrogens with zero attached hydrogens (tertiary/aromatic N) is 3. The Balaban J connectivity index is 1.37. The number of anilines is 1. The van der Waals surface area contributed by atoms with Gasteiger partial charge in [-0.2, -0.15) is 0 Å². The third kappa shape index (κ3) is 3.24. The summed E-state index contributed by atoms with van der Waals surface area (Å²) in [4.78, 5) is 36.4. The highest BCUT2D eigenvalue weighted by molar-refractivity contribution is 6.07. The van der Waals surface area contributed by atoms with Gasteiger partial charge in [-0.3, -0.25) is 24.5 Å². The fourth-order valence-corrected chi connectivity index (χ4v) is 4.06. The first-order valence-electron chi connectivity index (χ1n) is 9.59. The number of hydrogen-bond acceptors (Lipinski definition) is 4. The van der Waals surface area contributed by atoms with Gasteiger partial charge < -0.3 is 5.32 Å². The molecule has 1 aliphatic heterocycles. The molecule has 2 aliphatic carbocycles. The maximum atomic E-state index is 13.0. The van der Waals surface area contributed by atoms with E-state index in [9.17, 15) is 9.59 Å². The minimum absolute atomic E-state index is 0.0199. The number of carbonyl (C=O) groups excluding carboxylic acids is 2. The van der Waals surface area contributed by atoms with E-state index >= 15 is 0 Å². The number of rotatable bonds is 4. The van der Waals surface area contributed by atoms with Crippen molar-refractivity contribution in [3.8, 4) is 0 Å². The van der Waals surface area contributed by atoms with Crippen molar-refractivity contribution in [3.05, 3.63) is 24.0 Å². The van der Waals surface area contributed by atoms with E-state index in [0.29, 0.717) is 31.6 Å². The molecule has 6 nitrogen and oxygen atoms in total. The molecule has 2 amide bonds. The highest BCUT2D eigenvalue weighted by atomic mass is 16.2. The molecule has 138 valence electrons. The molecular formula is C20H26N4O2. The first kappa shape index (κ1) is 17.2. The van der Waals surface area contributed by atoms with Crippen molar-refractivity contribution < 1.29 is 9.59 Å². The number of amidine groups is 1. The molecule has 0 unspecified atom stereocenters. The molecule has 0 saturated heterocycles. The van der Waals surface area contributed by atoms with E-state index in [0.717, 1.165) is 23.8 Å². The Hall–Kier alpha value is -2.24. The quantitative estimate of drug-likeness (QED) is 0.903. The standard InChI is InChI=1S/C20H26N4O2/c1-13-3-6-17(11-21-13)22-18(25)16-7-9-20(10-8-16)19(26)24(14(2)23-20)12-15-4-5-15/h3,6,11,15-16H,4-5,7-10,12H2,1-2H3,(H,22,25). The molecule has 1 spiro atoms. The van der Waals surface area contributed by atoms with Gasteiger partial charge in [0, 0.05) is 18.2 Å². The summed E-state index contributed by atoms with van der Waals surface area (Å²) in [6.45, 7) is 4.68. The predicted octanol–water partition coefficient (Wildman–Crippen LogP) is 2.93. The molecule has 2 fully saturated rings. The largest absolute Gasteiger partial charge is 0.324 e. The van der Waals surface area contributed by atoms with E-state index in [2.05, 4.69) is 10.3 Å². The number of amides is 2. The summed E-state index contributed by atoms with van der Waals surface area (Å²) in [5.74, 6) is 1.62. The van der Waals surface area contributed by atoms with Crippen LogP contribution in [0, 0.1) is 18.8 Å². The Labute approximate surface area is 154 Å². The van der Waals surface area contributed by atoms with Gasteiger partial charge in [0.25, 0.3) is 5.91 Å². The van der Waals surface area contributed by atoms with Crippen LogP contribution in [0.4, 0.5) is 5.69 Å². The average Bonchev–Trinajstić information content (AvgIpc) is 3.42. The maximum absolute atomic E-state index is 13.0. The smallest absolute Gasteiger partial charge is 0.255 e. The summed E-state index contributed by atoms with van der Waals surface area (Å²) in [7, 11) is 0. The van der Waals surface area contributed by atoms with Crippen LogP contribution in [0.5, 0.6) is 0 Å². The summed E-state index contributed by atoms with van der Waals surface area (Å²) >= 11 is 0. The lowest BCUT2D eigenvalue weighted by Crippen LogP contribution is -2.46. The molecule has 0 aromatic carbocycles. The molecule has 1 aromatic heterocycles. The zero-order valence-electron chi connectivity index (χ0n) is 15.5. The van der Waals surface area contributed by atoms with Crippen LogP contribution in [0.3, 0.4) is 0 Å². The monoisotopic (exact) mass is 354 g/mol. The zero-order valence-corrected chi connectivity index (χ0v) is 15.5. The van der Waals surface area contributed by atoms with E-state index in [1.54, 1.807) is 6.20 Å². The molecule has 1 N–H and O–H groups in total. The minimum atomic E-state index is -0.610. The number of pyridine rings is 1. The number of aliphatic imine (C=N–C) groups is 1. The number of carbonyl (C=O) groups is 2. The SMILES string of the molecule is CC1=NC2(CCC(C(=O)Nc3ccc(C)nc3)CC2)C(=O)N1CC1CC1. The summed E-state index contributed by atoms with van der Waals surface area (Å²) in [6, 6.07) is 3.75. The summed E-state index contributed by atoms with van der Waals surface area (Å²) in [6.07, 6.45) is 6.85. The van der Waals surface area contributed by atoms with Gasteiger partial charge in [0.05, 0.1) is 11.9 Å². The molecule has 0 radical (unpaired) electrons. The second kappa shape index (κ2) is 6.49. The first-order valence-corrected chi connectivity index (χ1v) is 9.59. The summed E-state index contributed by atoms with van der Waals surface area (Å²) < 4.78 is 0. The van der Waals surface area contributed by atoms with Crippen LogP contribution in [0.1, 0.15) is 51.1 Å². The van der Waals surface area contributed by atoms with Crippen LogP contribution in [-0.4, -0.2) is 39.6 Å². The van der Waals surface area contributed by atoms with E-state index in [-0.39, 0.29) is 17.7 Å². The molecule has 2 saturated carbocycles. The Kier molecular flexibility index (Phi) is 4.29. The van der Waals surface area contributed by atoms with E-state index in [1.807, 2.05) is 30.9 Å². The topological polar surface area (TPSA) is 74.7 Å². The van der Waals surface area contributed by atoms with Gasteiger partial charge in [0.15, 0.2) is 0 Å². The van der Waals surface area contributed by atoms with Crippen LogP contribution in [-0.2, 0) is 9.59 Å². The molecule has 4 rings (SSSR count). The van der Waals surface area contributed by atoms with Crippen molar-refractivity contribution in [1.82, 2.24) is 9.88 Å². The Bertz CT molecular complexity index is 744. The molecule has 2 heterocycles. The fourth-order valence-electron chi connectivity index (χ4n) is 4.06. The van der Waals surface area contributed by atoms with E-state index in [4.69, 9.17) is 4.99 Å². The van der Waals surface area contributed by atoms with Crippen LogP contribution in [0.15, 0.2) is 23.3 Å². The third-order valence-corrected chi connectivity index (χ3v) is 5.91. The van der Waals surface area contributed by atoms with Gasteiger partial charge >= 0.3 is 0 Å². The van der Waals surface area contributed by atoms with E-state index < -0.39 is 5.54 Å². The predicted molar refractivity (Wildman–Crippen MR) is 99.8 cm³/mol. The normalized spacial score (nSPS) is 28.4. The minimum Gasteiger partial charge on any atom is -0.324 e. The highest BCUT2D eigenvalue weighted by Gasteiger charge is 2.50. The van der Waals surface area contributed by atoms with Crippen molar-refractivity contribution in [1.29, 1.82) is 0 Å². The Morgan fingerprint density at radius 1 is 1.23 bits per heavy atom. The average molecular weight is 354 g/mol. The third-order valence-electron chi connectivity index (χ3n) is 5.91. The van der Waals surface area contributed by atoms with Crippen molar-refractivity contribution in [3.63, 3.8) is 0 Å². The molecule has 26 heavy (non-hydrogen) atoms. The second-order valence-corrected chi connectivity index (χ2v) is 8.00. The van der Waals surface area contributed by atoms with Crippen molar-refractivity contribution >= 4 is 23.3 Å². The number of aromatic nitrogens is 1. The fraction of sp³-hybridized carbons (Fsp3) is 0.600. The van der Waals surface area contributed by atoms with Gasteiger partial charge in [-0.15, -0.1) is 0 Å². The number of nitrogens with one attached hydrogen (secondary N) is 1. The molecule has 0 atom stereocenters. The van der Waals surface area contributed by atoms with Gasteiger partial charge in [0.1, 0.15) is 11.4 Å². The van der Waals surface area contributed by atoms with Crippen molar-refractivity contribution in [2.75, 3.05) is 11.9 Å². The lowest BCUT2D eigenvalue weighted by molar-refractivity contribution is -0.134. The molecule has 6 heteroatoms. The number of aryl methyl sites for hydroxylation is 1. The highest BCUT2D eigenvalue weighted by Crippen LogP contribution is 2.41. The Morgan fingerprint density at radius 3 is 2.58 bits per heavy atom. The number of hydrogen-bond donors (Lipinski definition) is 1. The summed E-state index contributed by atoms with van der Waals surface area (Å²) in [5.41, 5.74) is 1.04. The van der Waals surface area contributed by atoms with Crippen molar-refractivity contribution in [2.45, 2.75) is 57.9 Å². The second-order valence-electron chi connectivity index (χ2n) is 8.00. The van der Waals surface area contributed by atoms with Gasteiger partial charge in [-0.05, 0) is 70.4 Å². The molecule has 1 aromatic rings. The molecule has 0 bridgehead atoms. The van der Waals surface area contributed by atoms with Crippen LogP contribution < -0.4 is 5.32 Å². The van der Waals surface area contributed by atoms with Crippen LogP contribution >= 0.6 is 0 Å². The zero-order chi connectivity index (χ0) is 18.3. The molecule has 3 aliphatic rings. The lowest BCUT2D eigenvalue weighted by atomic mass is 9.76.